The third-order valence-electron chi connectivity index (χ3n) is 10.9. The van der Waals surface area contributed by atoms with Gasteiger partial charge in [-0.05, 0) is 140 Å². The fourth-order valence-corrected chi connectivity index (χ4v) is 7.94. The fraction of sp³-hybridized carbons (Fsp3) is 0. The molecule has 0 bridgehead atoms. The van der Waals surface area contributed by atoms with Gasteiger partial charge in [-0.1, -0.05) is 121 Å². The minimum Gasteiger partial charge on any atom is -0.310 e. The number of hydrogen-bond acceptors (Lipinski definition) is 4. The second-order valence-corrected chi connectivity index (χ2v) is 14.5. The van der Waals surface area contributed by atoms with Crippen LogP contribution >= 0.6 is 0 Å². The van der Waals surface area contributed by atoms with E-state index < -0.39 is 11.6 Å². The van der Waals surface area contributed by atoms with Gasteiger partial charge in [0, 0.05) is 45.3 Å². The van der Waals surface area contributed by atoms with Crippen LogP contribution in [0.2, 0.25) is 0 Å². The third-order valence-corrected chi connectivity index (χ3v) is 10.9. The molecule has 0 saturated carbocycles. The van der Waals surface area contributed by atoms with Crippen LogP contribution in [0.5, 0.6) is 0 Å². The van der Waals surface area contributed by atoms with Gasteiger partial charge < -0.3 is 9.80 Å². The van der Waals surface area contributed by atoms with Crippen LogP contribution in [0.25, 0.3) is 43.1 Å². The molecule has 0 heterocycles. The highest BCUT2D eigenvalue weighted by atomic mass is 16.2. The first kappa shape index (κ1) is 34.7. The summed E-state index contributed by atoms with van der Waals surface area (Å²) in [6, 6.07) is 73.6. The molecule has 0 spiro atoms. The Hall–Kier alpha value is -7.82. The highest BCUT2D eigenvalue weighted by molar-refractivity contribution is 6.49. The van der Waals surface area contributed by atoms with Crippen molar-refractivity contribution in [3.8, 4) is 0 Å². The van der Waals surface area contributed by atoms with E-state index in [-0.39, 0.29) is 0 Å². The summed E-state index contributed by atoms with van der Waals surface area (Å²) in [4.78, 5) is 32.0. The lowest BCUT2D eigenvalue weighted by Crippen LogP contribution is -2.16. The third kappa shape index (κ3) is 6.53. The first-order valence-corrected chi connectivity index (χ1v) is 19.4. The van der Waals surface area contributed by atoms with Crippen LogP contribution in [0.4, 0.5) is 34.1 Å². The molecule has 274 valence electrons. The average Bonchev–Trinajstić information content (AvgIpc) is 3.29. The summed E-state index contributed by atoms with van der Waals surface area (Å²) in [6.07, 6.45) is 0. The number of hydrogen-bond donors (Lipinski definition) is 0. The van der Waals surface area contributed by atoms with Gasteiger partial charge in [0.1, 0.15) is 0 Å². The number of carbonyl (C=O) groups is 2. The maximum Gasteiger partial charge on any atom is 0.233 e. The number of fused-ring (bicyclic) bond motifs is 4. The molecule has 58 heavy (non-hydrogen) atoms. The number of anilines is 6. The molecule has 4 heteroatoms. The minimum absolute atomic E-state index is 0.337. The Morgan fingerprint density at radius 2 is 0.466 bits per heavy atom. The molecule has 0 unspecified atom stereocenters. The van der Waals surface area contributed by atoms with Crippen molar-refractivity contribution in [2.45, 2.75) is 0 Å². The van der Waals surface area contributed by atoms with Crippen LogP contribution in [0, 0.1) is 0 Å². The predicted molar refractivity (Wildman–Crippen MR) is 241 cm³/mol. The van der Waals surface area contributed by atoms with Gasteiger partial charge >= 0.3 is 0 Å². The number of benzene rings is 10. The minimum atomic E-state index is -0.553. The molecule has 0 fully saturated rings. The summed E-state index contributed by atoms with van der Waals surface area (Å²) < 4.78 is 0. The van der Waals surface area contributed by atoms with E-state index in [1.807, 2.05) is 72.8 Å². The van der Waals surface area contributed by atoms with Gasteiger partial charge in [0.2, 0.25) is 11.6 Å². The molecular formula is C54H36N2O2. The quantitative estimate of drug-likeness (QED) is 0.109. The Balaban J connectivity index is 0.959. The first-order chi connectivity index (χ1) is 28.6. The van der Waals surface area contributed by atoms with E-state index in [0.29, 0.717) is 11.1 Å². The number of nitrogens with zero attached hydrogens (tertiary/aromatic N) is 2. The second kappa shape index (κ2) is 14.7. The molecule has 0 amide bonds. The molecule has 0 aromatic heterocycles. The monoisotopic (exact) mass is 744 g/mol. The van der Waals surface area contributed by atoms with Crippen molar-refractivity contribution in [3.05, 3.63) is 230 Å². The van der Waals surface area contributed by atoms with E-state index in [0.717, 1.165) is 77.2 Å². The van der Waals surface area contributed by atoms with Crippen molar-refractivity contribution < 1.29 is 9.59 Å². The van der Waals surface area contributed by atoms with Crippen LogP contribution < -0.4 is 9.80 Å². The van der Waals surface area contributed by atoms with Gasteiger partial charge in [-0.2, -0.15) is 0 Å². The molecule has 10 aromatic rings. The van der Waals surface area contributed by atoms with Crippen LogP contribution in [0.3, 0.4) is 0 Å². The lowest BCUT2D eigenvalue weighted by Gasteiger charge is -2.26. The molecule has 10 aromatic carbocycles. The van der Waals surface area contributed by atoms with Crippen molar-refractivity contribution in [2.75, 3.05) is 9.80 Å². The zero-order chi connectivity index (χ0) is 39.0. The Bertz CT molecular complexity index is 2790. The lowest BCUT2D eigenvalue weighted by atomic mass is 10.00. The maximum atomic E-state index is 13.8. The van der Waals surface area contributed by atoms with Crippen LogP contribution in [0.15, 0.2) is 218 Å². The molecule has 0 aliphatic carbocycles. The Morgan fingerprint density at radius 1 is 0.241 bits per heavy atom. The first-order valence-electron chi connectivity index (χ1n) is 19.4. The standard InChI is InChI=1S/C54H36N2O2/c57-53(41-21-25-47(26-22-41)55(49-29-17-37-9-1-5-13-43(37)33-49)50-30-18-38-10-2-6-14-44(38)34-50)54(58)42-23-27-48(28-24-42)56(51-31-19-39-11-3-7-15-45(39)35-51)52-32-20-40-12-4-8-16-46(40)36-52/h1-36H. The molecule has 0 radical (unpaired) electrons. The average molecular weight is 745 g/mol. The lowest BCUT2D eigenvalue weighted by molar-refractivity contribution is 0.0817. The number of carbonyl (C=O) groups excluding carboxylic acids is 2. The van der Waals surface area contributed by atoms with E-state index in [2.05, 4.69) is 131 Å². The largest absolute Gasteiger partial charge is 0.310 e. The van der Waals surface area contributed by atoms with Crippen LogP contribution in [-0.4, -0.2) is 11.6 Å². The van der Waals surface area contributed by atoms with Gasteiger partial charge in [-0.15, -0.1) is 0 Å². The number of Topliss-reactive ketones (excluding diaryl/α,β-unsaturated/α-hetero) is 2. The summed E-state index contributed by atoms with van der Waals surface area (Å²) in [7, 11) is 0. The summed E-state index contributed by atoms with van der Waals surface area (Å²) in [5.74, 6) is -1.11. The van der Waals surface area contributed by atoms with Crippen LogP contribution in [0.1, 0.15) is 20.7 Å². The van der Waals surface area contributed by atoms with E-state index in [1.165, 1.54) is 0 Å². The Labute approximate surface area is 336 Å². The highest BCUT2D eigenvalue weighted by Crippen LogP contribution is 2.39. The number of rotatable bonds is 9. The van der Waals surface area contributed by atoms with Gasteiger partial charge in [0.15, 0.2) is 0 Å². The molecule has 10 rings (SSSR count). The van der Waals surface area contributed by atoms with Crippen molar-refractivity contribution in [1.29, 1.82) is 0 Å². The topological polar surface area (TPSA) is 40.6 Å². The van der Waals surface area contributed by atoms with E-state index in [4.69, 9.17) is 0 Å². The summed E-state index contributed by atoms with van der Waals surface area (Å²) in [5.41, 5.74) is 6.39. The predicted octanol–water partition coefficient (Wildman–Crippen LogP) is 14.3. The zero-order valence-corrected chi connectivity index (χ0v) is 31.5. The summed E-state index contributed by atoms with van der Waals surface area (Å²) >= 11 is 0. The molecular weight excluding hydrogens is 709 g/mol. The van der Waals surface area contributed by atoms with Gasteiger partial charge in [0.05, 0.1) is 0 Å². The Kier molecular flexibility index (Phi) is 8.77. The van der Waals surface area contributed by atoms with Gasteiger partial charge in [-0.25, -0.2) is 0 Å². The highest BCUT2D eigenvalue weighted by Gasteiger charge is 2.21. The van der Waals surface area contributed by atoms with Gasteiger partial charge in [0.25, 0.3) is 0 Å². The molecule has 0 atom stereocenters. The SMILES string of the molecule is O=C(C(=O)c1ccc(N(c2ccc3ccccc3c2)c2ccc3ccccc3c2)cc1)c1ccc(N(c2ccc3ccccc3c2)c2ccc3ccccc3c2)cc1. The van der Waals surface area contributed by atoms with E-state index in [9.17, 15) is 9.59 Å². The Morgan fingerprint density at radius 3 is 0.724 bits per heavy atom. The normalized spacial score (nSPS) is 11.2. The van der Waals surface area contributed by atoms with Crippen LogP contribution in [-0.2, 0) is 0 Å². The molecule has 0 aliphatic heterocycles. The maximum absolute atomic E-state index is 13.8. The summed E-state index contributed by atoms with van der Waals surface area (Å²) in [6.45, 7) is 0. The second-order valence-electron chi connectivity index (χ2n) is 14.5. The van der Waals surface area contributed by atoms with Crippen molar-refractivity contribution in [2.24, 2.45) is 0 Å². The zero-order valence-electron chi connectivity index (χ0n) is 31.5. The van der Waals surface area contributed by atoms with E-state index >= 15 is 0 Å². The molecule has 0 saturated heterocycles. The molecule has 4 nitrogen and oxygen atoms in total. The molecule has 0 N–H and O–H groups in total. The fourth-order valence-electron chi connectivity index (χ4n) is 7.94. The van der Waals surface area contributed by atoms with Gasteiger partial charge in [-0.3, -0.25) is 9.59 Å². The van der Waals surface area contributed by atoms with Crippen molar-refractivity contribution in [1.82, 2.24) is 0 Å². The van der Waals surface area contributed by atoms with E-state index in [1.54, 1.807) is 24.3 Å². The van der Waals surface area contributed by atoms with Crippen molar-refractivity contribution in [3.63, 3.8) is 0 Å². The smallest absolute Gasteiger partial charge is 0.233 e. The van der Waals surface area contributed by atoms with Crippen molar-refractivity contribution >= 4 is 88.8 Å². The number of ketones is 2. The molecule has 0 aliphatic rings. The summed E-state index contributed by atoms with van der Waals surface area (Å²) in [5, 5.41) is 9.16.